The zero-order valence-electron chi connectivity index (χ0n) is 9.41. The van der Waals surface area contributed by atoms with E-state index < -0.39 is 0 Å². The highest BCUT2D eigenvalue weighted by Crippen LogP contribution is 2.19. The molecule has 17 heavy (non-hydrogen) atoms. The smallest absolute Gasteiger partial charge is 0.253 e. The normalized spacial score (nSPS) is 16.8. The molecule has 0 saturated carbocycles. The summed E-state index contributed by atoms with van der Waals surface area (Å²) in [6, 6.07) is 5.47. The molecule has 0 aromatic heterocycles. The third-order valence-electron chi connectivity index (χ3n) is 2.81. The summed E-state index contributed by atoms with van der Waals surface area (Å²) < 4.78 is 6.12. The van der Waals surface area contributed by atoms with E-state index in [1.807, 2.05) is 6.07 Å². The van der Waals surface area contributed by atoms with Crippen LogP contribution in [0, 0.1) is 0 Å². The third kappa shape index (κ3) is 3.20. The van der Waals surface area contributed by atoms with Gasteiger partial charge in [-0.2, -0.15) is 0 Å². The molecule has 1 heterocycles. The maximum atomic E-state index is 12.0. The Kier molecular flexibility index (Phi) is 4.02. The van der Waals surface area contributed by atoms with Crippen molar-refractivity contribution in [1.29, 1.82) is 0 Å². The molecule has 0 atom stereocenters. The van der Waals surface area contributed by atoms with Gasteiger partial charge in [0.25, 0.3) is 5.91 Å². The SMILES string of the molecule is Nc1cc(Br)ccc1C(=O)NC1CCOCC1. The standard InChI is InChI=1S/C12H15BrN2O2/c13-8-1-2-10(11(14)7-8)12(16)15-9-3-5-17-6-4-9/h1-2,7,9H,3-6,14H2,(H,15,16). The molecule has 1 aliphatic rings. The van der Waals surface area contributed by atoms with Gasteiger partial charge in [-0.3, -0.25) is 4.79 Å². The van der Waals surface area contributed by atoms with Crippen molar-refractivity contribution in [2.24, 2.45) is 0 Å². The molecule has 1 aromatic carbocycles. The van der Waals surface area contributed by atoms with Crippen LogP contribution in [0.3, 0.4) is 0 Å². The molecule has 2 rings (SSSR count). The van der Waals surface area contributed by atoms with E-state index in [1.54, 1.807) is 12.1 Å². The van der Waals surface area contributed by atoms with Crippen molar-refractivity contribution in [1.82, 2.24) is 5.32 Å². The summed E-state index contributed by atoms with van der Waals surface area (Å²) in [6.07, 6.45) is 1.73. The van der Waals surface area contributed by atoms with Crippen LogP contribution in [0.25, 0.3) is 0 Å². The number of ether oxygens (including phenoxy) is 1. The lowest BCUT2D eigenvalue weighted by atomic mass is 10.1. The number of benzene rings is 1. The van der Waals surface area contributed by atoms with Gasteiger partial charge >= 0.3 is 0 Å². The van der Waals surface area contributed by atoms with Crippen LogP contribution < -0.4 is 11.1 Å². The van der Waals surface area contributed by atoms with Crippen LogP contribution in [-0.4, -0.2) is 25.2 Å². The number of hydrogen-bond donors (Lipinski definition) is 2. The van der Waals surface area contributed by atoms with Crippen LogP contribution in [0.1, 0.15) is 23.2 Å². The molecule has 1 saturated heterocycles. The van der Waals surface area contributed by atoms with Crippen LogP contribution in [0.2, 0.25) is 0 Å². The van der Waals surface area contributed by atoms with Crippen LogP contribution in [0.4, 0.5) is 5.69 Å². The van der Waals surface area contributed by atoms with Crippen molar-refractivity contribution < 1.29 is 9.53 Å². The molecule has 1 aliphatic heterocycles. The average molecular weight is 299 g/mol. The number of carbonyl (C=O) groups excluding carboxylic acids is 1. The van der Waals surface area contributed by atoms with Crippen molar-refractivity contribution >= 4 is 27.5 Å². The minimum atomic E-state index is -0.109. The molecule has 3 N–H and O–H groups in total. The molecule has 4 nitrogen and oxygen atoms in total. The summed E-state index contributed by atoms with van der Waals surface area (Å²) in [5, 5.41) is 2.98. The minimum Gasteiger partial charge on any atom is -0.398 e. The van der Waals surface area contributed by atoms with Crippen molar-refractivity contribution in [3.63, 3.8) is 0 Å². The highest BCUT2D eigenvalue weighted by Gasteiger charge is 2.18. The van der Waals surface area contributed by atoms with Gasteiger partial charge in [-0.05, 0) is 31.0 Å². The highest BCUT2D eigenvalue weighted by molar-refractivity contribution is 9.10. The lowest BCUT2D eigenvalue weighted by Gasteiger charge is -2.23. The molecule has 0 bridgehead atoms. The Balaban J connectivity index is 2.03. The van der Waals surface area contributed by atoms with E-state index in [0.29, 0.717) is 24.5 Å². The van der Waals surface area contributed by atoms with Gasteiger partial charge in [-0.1, -0.05) is 15.9 Å². The number of rotatable bonds is 2. The van der Waals surface area contributed by atoms with E-state index in [-0.39, 0.29) is 11.9 Å². The van der Waals surface area contributed by atoms with Crippen LogP contribution in [-0.2, 0) is 4.74 Å². The second kappa shape index (κ2) is 5.51. The summed E-state index contributed by atoms with van der Waals surface area (Å²) in [5.41, 5.74) is 6.83. The van der Waals surface area contributed by atoms with E-state index in [0.717, 1.165) is 17.3 Å². The van der Waals surface area contributed by atoms with Gasteiger partial charge in [0.05, 0.1) is 5.56 Å². The van der Waals surface area contributed by atoms with E-state index in [1.165, 1.54) is 0 Å². The minimum absolute atomic E-state index is 0.109. The molecule has 1 aromatic rings. The van der Waals surface area contributed by atoms with E-state index in [4.69, 9.17) is 10.5 Å². The van der Waals surface area contributed by atoms with Crippen LogP contribution >= 0.6 is 15.9 Å². The predicted octanol–water partition coefficient (Wildman–Crippen LogP) is 1.94. The summed E-state index contributed by atoms with van der Waals surface area (Å²) in [7, 11) is 0. The quantitative estimate of drug-likeness (QED) is 0.820. The topological polar surface area (TPSA) is 64.4 Å². The first kappa shape index (κ1) is 12.4. The fourth-order valence-electron chi connectivity index (χ4n) is 1.85. The van der Waals surface area contributed by atoms with Crippen LogP contribution in [0.5, 0.6) is 0 Å². The summed E-state index contributed by atoms with van der Waals surface area (Å²) in [5.74, 6) is -0.109. The first-order valence-corrected chi connectivity index (χ1v) is 6.40. The lowest BCUT2D eigenvalue weighted by molar-refractivity contribution is 0.0697. The Morgan fingerprint density at radius 1 is 1.41 bits per heavy atom. The predicted molar refractivity (Wildman–Crippen MR) is 69.9 cm³/mol. The van der Waals surface area contributed by atoms with Gasteiger partial charge < -0.3 is 15.8 Å². The molecule has 0 radical (unpaired) electrons. The Morgan fingerprint density at radius 2 is 2.12 bits per heavy atom. The number of hydrogen-bond acceptors (Lipinski definition) is 3. The summed E-state index contributed by atoms with van der Waals surface area (Å²) >= 11 is 3.32. The fourth-order valence-corrected chi connectivity index (χ4v) is 2.22. The van der Waals surface area contributed by atoms with Gasteiger partial charge in [-0.25, -0.2) is 0 Å². The van der Waals surface area contributed by atoms with Gasteiger partial charge in [-0.15, -0.1) is 0 Å². The number of carbonyl (C=O) groups is 1. The van der Waals surface area contributed by atoms with Gasteiger partial charge in [0, 0.05) is 29.4 Å². The number of amides is 1. The number of halogens is 1. The van der Waals surface area contributed by atoms with Crippen molar-refractivity contribution in [3.05, 3.63) is 28.2 Å². The van der Waals surface area contributed by atoms with E-state index in [2.05, 4.69) is 21.2 Å². The number of nitrogens with two attached hydrogens (primary N) is 1. The zero-order chi connectivity index (χ0) is 12.3. The number of nitrogens with one attached hydrogen (secondary N) is 1. The first-order chi connectivity index (χ1) is 8.16. The molecular formula is C12H15BrN2O2. The van der Waals surface area contributed by atoms with Gasteiger partial charge in [0.1, 0.15) is 0 Å². The lowest BCUT2D eigenvalue weighted by Crippen LogP contribution is -2.39. The molecule has 0 spiro atoms. The fraction of sp³-hybridized carbons (Fsp3) is 0.417. The first-order valence-electron chi connectivity index (χ1n) is 5.60. The van der Waals surface area contributed by atoms with Crippen LogP contribution in [0.15, 0.2) is 22.7 Å². The average Bonchev–Trinajstić information content (AvgIpc) is 2.30. The largest absolute Gasteiger partial charge is 0.398 e. The molecule has 5 heteroatoms. The maximum Gasteiger partial charge on any atom is 0.253 e. The highest BCUT2D eigenvalue weighted by atomic mass is 79.9. The summed E-state index contributed by atoms with van der Waals surface area (Å²) in [6.45, 7) is 1.42. The van der Waals surface area contributed by atoms with Gasteiger partial charge in [0.15, 0.2) is 0 Å². The molecule has 0 unspecified atom stereocenters. The van der Waals surface area contributed by atoms with Crippen molar-refractivity contribution in [2.45, 2.75) is 18.9 Å². The van der Waals surface area contributed by atoms with Crippen molar-refractivity contribution in [3.8, 4) is 0 Å². The Morgan fingerprint density at radius 3 is 2.76 bits per heavy atom. The Labute approximate surface area is 109 Å². The zero-order valence-corrected chi connectivity index (χ0v) is 11.0. The molecule has 92 valence electrons. The second-order valence-electron chi connectivity index (χ2n) is 4.09. The van der Waals surface area contributed by atoms with Gasteiger partial charge in [0.2, 0.25) is 0 Å². The monoisotopic (exact) mass is 298 g/mol. The van der Waals surface area contributed by atoms with E-state index in [9.17, 15) is 4.79 Å². The number of anilines is 1. The third-order valence-corrected chi connectivity index (χ3v) is 3.31. The molecule has 0 aliphatic carbocycles. The molecular weight excluding hydrogens is 284 g/mol. The Hall–Kier alpha value is -1.07. The summed E-state index contributed by atoms with van der Waals surface area (Å²) in [4.78, 5) is 12.0. The molecule has 1 amide bonds. The van der Waals surface area contributed by atoms with E-state index >= 15 is 0 Å². The molecule has 1 fully saturated rings. The Bertz CT molecular complexity index is 417. The second-order valence-corrected chi connectivity index (χ2v) is 5.01. The maximum absolute atomic E-state index is 12.0. The van der Waals surface area contributed by atoms with Crippen molar-refractivity contribution in [2.75, 3.05) is 18.9 Å². The number of nitrogen functional groups attached to an aromatic ring is 1.